The molecule has 0 bridgehead atoms. The Balaban J connectivity index is 1.77. The number of para-hydroxylation sites is 1. The number of benzene rings is 2. The van der Waals surface area contributed by atoms with Gasteiger partial charge >= 0.3 is 0 Å². The maximum atomic E-state index is 5.89. The second-order valence-electron chi connectivity index (χ2n) is 6.74. The van der Waals surface area contributed by atoms with Gasteiger partial charge in [0.2, 0.25) is 0 Å². The van der Waals surface area contributed by atoms with E-state index in [1.54, 1.807) is 14.2 Å². The Hall–Kier alpha value is -2.62. The summed E-state index contributed by atoms with van der Waals surface area (Å²) < 4.78 is 16.8. The number of nitrogens with one attached hydrogen (secondary N) is 1. The summed E-state index contributed by atoms with van der Waals surface area (Å²) in [5.41, 5.74) is 3.65. The topological polar surface area (TPSA) is 39.7 Å². The molecule has 2 aromatic carbocycles. The van der Waals surface area contributed by atoms with Gasteiger partial charge in [0, 0.05) is 5.92 Å². The molecule has 0 fully saturated rings. The van der Waals surface area contributed by atoms with Gasteiger partial charge in [0.15, 0.2) is 11.5 Å². The van der Waals surface area contributed by atoms with Crippen LogP contribution in [0.2, 0.25) is 0 Å². The number of fused-ring (bicyclic) bond motifs is 3. The first-order chi connectivity index (χ1) is 12.8. The number of anilines is 1. The fourth-order valence-electron chi connectivity index (χ4n) is 4.24. The van der Waals surface area contributed by atoms with Crippen molar-refractivity contribution in [2.45, 2.75) is 25.3 Å². The van der Waals surface area contributed by atoms with Gasteiger partial charge in [-0.05, 0) is 48.6 Å². The van der Waals surface area contributed by atoms with E-state index in [9.17, 15) is 0 Å². The van der Waals surface area contributed by atoms with Crippen LogP contribution in [0.4, 0.5) is 5.69 Å². The zero-order valence-corrected chi connectivity index (χ0v) is 15.5. The Labute approximate surface area is 154 Å². The molecule has 4 nitrogen and oxygen atoms in total. The highest BCUT2D eigenvalue weighted by atomic mass is 16.5. The van der Waals surface area contributed by atoms with E-state index in [4.69, 9.17) is 14.2 Å². The van der Waals surface area contributed by atoms with E-state index >= 15 is 0 Å². The van der Waals surface area contributed by atoms with E-state index in [-0.39, 0.29) is 6.04 Å². The molecule has 1 N–H and O–H groups in total. The quantitative estimate of drug-likeness (QED) is 0.776. The number of rotatable bonds is 5. The lowest BCUT2D eigenvalue weighted by Gasteiger charge is -2.38. The van der Waals surface area contributed by atoms with Crippen LogP contribution in [0.25, 0.3) is 0 Å². The summed E-state index contributed by atoms with van der Waals surface area (Å²) in [6.45, 7) is 2.68. The van der Waals surface area contributed by atoms with Gasteiger partial charge in [0.05, 0.1) is 32.6 Å². The Morgan fingerprint density at radius 3 is 2.65 bits per heavy atom. The first kappa shape index (κ1) is 16.8. The van der Waals surface area contributed by atoms with Crippen molar-refractivity contribution >= 4 is 5.69 Å². The molecule has 1 aliphatic heterocycles. The predicted molar refractivity (Wildman–Crippen MR) is 104 cm³/mol. The van der Waals surface area contributed by atoms with Crippen molar-refractivity contribution in [1.29, 1.82) is 0 Å². The third-order valence-electron chi connectivity index (χ3n) is 5.43. The Bertz CT molecular complexity index is 830. The van der Waals surface area contributed by atoms with Crippen LogP contribution < -0.4 is 19.5 Å². The lowest BCUT2D eigenvalue weighted by atomic mass is 9.77. The average Bonchev–Trinajstić information content (AvgIpc) is 3.17. The fraction of sp³-hybridized carbons (Fsp3) is 0.364. The first-order valence-corrected chi connectivity index (χ1v) is 9.17. The van der Waals surface area contributed by atoms with Gasteiger partial charge in [-0.2, -0.15) is 0 Å². The van der Waals surface area contributed by atoms with E-state index in [1.807, 2.05) is 19.1 Å². The Morgan fingerprint density at radius 2 is 1.88 bits per heavy atom. The van der Waals surface area contributed by atoms with Gasteiger partial charge in [0.1, 0.15) is 5.75 Å². The van der Waals surface area contributed by atoms with Crippen molar-refractivity contribution in [3.05, 3.63) is 59.7 Å². The smallest absolute Gasteiger partial charge is 0.161 e. The standard InChI is InChI=1S/C22H25NO3/c1-4-26-19-10-6-9-17-15-7-5-8-16(15)21(23-22(17)19)14-11-12-18(24-2)20(13-14)25-3/h5-7,9-13,15-16,21,23H,4,8H2,1-3H3. The van der Waals surface area contributed by atoms with Crippen LogP contribution in [0.5, 0.6) is 17.2 Å². The largest absolute Gasteiger partial charge is 0.493 e. The number of methoxy groups -OCH3 is 2. The minimum absolute atomic E-state index is 0.198. The first-order valence-electron chi connectivity index (χ1n) is 9.17. The molecule has 3 atom stereocenters. The maximum absolute atomic E-state index is 5.89. The summed E-state index contributed by atoms with van der Waals surface area (Å²) in [5.74, 6) is 3.33. The zero-order chi connectivity index (χ0) is 18.1. The number of hydrogen-bond donors (Lipinski definition) is 1. The van der Waals surface area contributed by atoms with Crippen LogP contribution in [0.3, 0.4) is 0 Å². The molecule has 1 aliphatic carbocycles. The van der Waals surface area contributed by atoms with Gasteiger partial charge < -0.3 is 19.5 Å². The number of allylic oxidation sites excluding steroid dienone is 2. The highest BCUT2D eigenvalue weighted by Gasteiger charge is 2.39. The molecule has 2 aliphatic rings. The van der Waals surface area contributed by atoms with E-state index in [0.717, 1.165) is 29.4 Å². The monoisotopic (exact) mass is 351 g/mol. The SMILES string of the molecule is CCOc1cccc2c1NC(c1ccc(OC)c(OC)c1)C1CC=CC21. The molecule has 4 rings (SSSR count). The highest BCUT2D eigenvalue weighted by molar-refractivity contribution is 5.68. The molecule has 136 valence electrons. The second-order valence-corrected chi connectivity index (χ2v) is 6.74. The van der Waals surface area contributed by atoms with Crippen LogP contribution in [0.15, 0.2) is 48.6 Å². The summed E-state index contributed by atoms with van der Waals surface area (Å²) in [5, 5.41) is 3.77. The summed E-state index contributed by atoms with van der Waals surface area (Å²) in [6, 6.07) is 12.7. The van der Waals surface area contributed by atoms with Crippen LogP contribution in [0, 0.1) is 5.92 Å². The van der Waals surface area contributed by atoms with Gasteiger partial charge in [-0.15, -0.1) is 0 Å². The molecule has 0 spiro atoms. The summed E-state index contributed by atoms with van der Waals surface area (Å²) in [4.78, 5) is 0. The van der Waals surface area contributed by atoms with Crippen LogP contribution in [0.1, 0.15) is 36.4 Å². The minimum atomic E-state index is 0.198. The van der Waals surface area contributed by atoms with Crippen molar-refractivity contribution in [2.75, 3.05) is 26.1 Å². The molecule has 1 heterocycles. The predicted octanol–water partition coefficient (Wildman–Crippen LogP) is 4.93. The molecule has 26 heavy (non-hydrogen) atoms. The van der Waals surface area contributed by atoms with Crippen molar-refractivity contribution in [1.82, 2.24) is 0 Å². The summed E-state index contributed by atoms with van der Waals surface area (Å²) in [6.07, 6.45) is 5.70. The fourth-order valence-corrected chi connectivity index (χ4v) is 4.24. The molecular formula is C22H25NO3. The van der Waals surface area contributed by atoms with Crippen molar-refractivity contribution in [3.63, 3.8) is 0 Å². The Morgan fingerprint density at radius 1 is 1.04 bits per heavy atom. The maximum Gasteiger partial charge on any atom is 0.161 e. The molecule has 0 aromatic heterocycles. The molecule has 0 saturated carbocycles. The third-order valence-corrected chi connectivity index (χ3v) is 5.43. The van der Waals surface area contributed by atoms with Crippen molar-refractivity contribution in [2.24, 2.45) is 5.92 Å². The molecule has 0 amide bonds. The van der Waals surface area contributed by atoms with Gasteiger partial charge in [-0.1, -0.05) is 30.4 Å². The van der Waals surface area contributed by atoms with Crippen molar-refractivity contribution in [3.8, 4) is 17.2 Å². The molecule has 0 saturated heterocycles. The number of hydrogen-bond acceptors (Lipinski definition) is 4. The van der Waals surface area contributed by atoms with Gasteiger partial charge in [0.25, 0.3) is 0 Å². The molecule has 4 heteroatoms. The third kappa shape index (κ3) is 2.70. The number of ether oxygens (including phenoxy) is 3. The summed E-state index contributed by atoms with van der Waals surface area (Å²) in [7, 11) is 3.34. The van der Waals surface area contributed by atoms with Crippen molar-refractivity contribution < 1.29 is 14.2 Å². The Kier molecular flexibility index (Phi) is 4.49. The lowest BCUT2D eigenvalue weighted by molar-refractivity contribution is 0.336. The molecule has 2 aromatic rings. The zero-order valence-electron chi connectivity index (χ0n) is 15.5. The van der Waals surface area contributed by atoms with Gasteiger partial charge in [-0.25, -0.2) is 0 Å². The van der Waals surface area contributed by atoms with Crippen LogP contribution in [-0.4, -0.2) is 20.8 Å². The lowest BCUT2D eigenvalue weighted by Crippen LogP contribution is -2.29. The van der Waals surface area contributed by atoms with Crippen LogP contribution >= 0.6 is 0 Å². The minimum Gasteiger partial charge on any atom is -0.493 e. The van der Waals surface area contributed by atoms with E-state index in [1.165, 1.54) is 11.1 Å². The molecular weight excluding hydrogens is 326 g/mol. The molecule has 3 unspecified atom stereocenters. The second kappa shape index (κ2) is 6.94. The normalized spacial score (nSPS) is 23.0. The molecule has 0 radical (unpaired) electrons. The van der Waals surface area contributed by atoms with Gasteiger partial charge in [-0.3, -0.25) is 0 Å². The summed E-state index contributed by atoms with van der Waals surface area (Å²) >= 11 is 0. The van der Waals surface area contributed by atoms with Crippen LogP contribution in [-0.2, 0) is 0 Å². The van der Waals surface area contributed by atoms with E-state index in [2.05, 4.69) is 41.7 Å². The highest BCUT2D eigenvalue weighted by Crippen LogP contribution is 2.52. The van der Waals surface area contributed by atoms with E-state index in [0.29, 0.717) is 18.4 Å². The van der Waals surface area contributed by atoms with E-state index < -0.39 is 0 Å². The average molecular weight is 351 g/mol.